The maximum Gasteiger partial charge on any atom is 0.227 e. The highest BCUT2D eigenvalue weighted by Crippen LogP contribution is 2.33. The summed E-state index contributed by atoms with van der Waals surface area (Å²) in [6, 6.07) is 6.46. The highest BCUT2D eigenvalue weighted by Gasteiger charge is 2.26. The Balaban J connectivity index is 1.94. The number of anilines is 1. The lowest BCUT2D eigenvalue weighted by Crippen LogP contribution is -2.31. The van der Waals surface area contributed by atoms with Crippen molar-refractivity contribution in [3.8, 4) is 0 Å². The zero-order chi connectivity index (χ0) is 18.6. The quantitative estimate of drug-likeness (QED) is 0.785. The molecule has 0 aliphatic carbocycles. The molecule has 0 saturated carbocycles. The van der Waals surface area contributed by atoms with Gasteiger partial charge in [-0.05, 0) is 49.3 Å². The lowest BCUT2D eigenvalue weighted by atomic mass is 9.86. The first-order valence-corrected chi connectivity index (χ1v) is 9.49. The molecular formula is C21H32N2O2. The van der Waals surface area contributed by atoms with Crippen LogP contribution in [-0.2, 0) is 21.4 Å². The number of carbonyl (C=O) groups is 2. The number of nitrogens with zero attached hydrogens (tertiary/aromatic N) is 2. The van der Waals surface area contributed by atoms with E-state index >= 15 is 0 Å². The molecule has 1 aromatic carbocycles. The number of amides is 2. The zero-order valence-corrected chi connectivity index (χ0v) is 16.4. The molecule has 0 N–H and O–H groups in total. The van der Waals surface area contributed by atoms with Crippen molar-refractivity contribution < 1.29 is 9.59 Å². The first kappa shape index (κ1) is 19.5. The van der Waals surface area contributed by atoms with Crippen molar-refractivity contribution in [3.63, 3.8) is 0 Å². The highest BCUT2D eigenvalue weighted by molar-refractivity contribution is 5.95. The van der Waals surface area contributed by atoms with Crippen LogP contribution in [0.4, 0.5) is 5.69 Å². The number of carbonyl (C=O) groups excluding carboxylic acids is 2. The van der Waals surface area contributed by atoms with Crippen LogP contribution in [0.25, 0.3) is 0 Å². The van der Waals surface area contributed by atoms with Gasteiger partial charge in [0.2, 0.25) is 11.8 Å². The molecule has 0 saturated heterocycles. The standard InChI is InChI=1S/C21H32N2O2/c1-6-22(7-2)19(24)9-8-10-20(25)23-14-13-16-15-17(21(3,4)5)11-12-18(16)23/h11-12,15H,6-10,13-14H2,1-5H3. The molecule has 0 atom stereocenters. The third kappa shape index (κ3) is 4.62. The summed E-state index contributed by atoms with van der Waals surface area (Å²) in [7, 11) is 0. The maximum absolute atomic E-state index is 12.6. The highest BCUT2D eigenvalue weighted by atomic mass is 16.2. The van der Waals surface area contributed by atoms with Crippen LogP contribution in [0.5, 0.6) is 0 Å². The first-order chi connectivity index (χ1) is 11.8. The molecule has 0 radical (unpaired) electrons. The summed E-state index contributed by atoms with van der Waals surface area (Å²) in [4.78, 5) is 28.3. The molecule has 0 unspecified atom stereocenters. The minimum Gasteiger partial charge on any atom is -0.343 e. The lowest BCUT2D eigenvalue weighted by Gasteiger charge is -2.22. The van der Waals surface area contributed by atoms with Crippen molar-refractivity contribution in [2.45, 2.75) is 65.7 Å². The lowest BCUT2D eigenvalue weighted by molar-refractivity contribution is -0.131. The summed E-state index contributed by atoms with van der Waals surface area (Å²) < 4.78 is 0. The second-order valence-electron chi connectivity index (χ2n) is 7.81. The Bertz CT molecular complexity index is 627. The number of hydrogen-bond acceptors (Lipinski definition) is 2. The Morgan fingerprint density at radius 1 is 1.12 bits per heavy atom. The Hall–Kier alpha value is -1.84. The molecule has 1 heterocycles. The molecule has 25 heavy (non-hydrogen) atoms. The van der Waals surface area contributed by atoms with Gasteiger partial charge in [-0.15, -0.1) is 0 Å². The number of fused-ring (bicyclic) bond motifs is 1. The summed E-state index contributed by atoms with van der Waals surface area (Å²) >= 11 is 0. The second-order valence-corrected chi connectivity index (χ2v) is 7.81. The van der Waals surface area contributed by atoms with Crippen molar-refractivity contribution in [2.24, 2.45) is 0 Å². The van der Waals surface area contributed by atoms with Gasteiger partial charge >= 0.3 is 0 Å². The van der Waals surface area contributed by atoms with E-state index in [4.69, 9.17) is 0 Å². The van der Waals surface area contributed by atoms with Gasteiger partial charge in [0.25, 0.3) is 0 Å². The van der Waals surface area contributed by atoms with Crippen molar-refractivity contribution in [3.05, 3.63) is 29.3 Å². The van der Waals surface area contributed by atoms with Gasteiger partial charge in [0, 0.05) is 38.2 Å². The van der Waals surface area contributed by atoms with E-state index in [1.165, 1.54) is 11.1 Å². The van der Waals surface area contributed by atoms with E-state index in [1.54, 1.807) is 0 Å². The molecule has 138 valence electrons. The SMILES string of the molecule is CCN(CC)C(=O)CCCC(=O)N1CCc2cc(C(C)(C)C)ccc21. The van der Waals surface area contributed by atoms with Crippen molar-refractivity contribution >= 4 is 17.5 Å². The molecule has 2 rings (SSSR count). The Labute approximate surface area is 152 Å². The molecule has 1 aliphatic rings. The van der Waals surface area contributed by atoms with Crippen LogP contribution in [0.2, 0.25) is 0 Å². The van der Waals surface area contributed by atoms with Crippen LogP contribution in [0.3, 0.4) is 0 Å². The topological polar surface area (TPSA) is 40.6 Å². The smallest absolute Gasteiger partial charge is 0.227 e. The summed E-state index contributed by atoms with van der Waals surface area (Å²) in [5, 5.41) is 0. The van der Waals surface area contributed by atoms with Crippen LogP contribution in [-0.4, -0.2) is 36.3 Å². The van der Waals surface area contributed by atoms with E-state index in [9.17, 15) is 9.59 Å². The average molecular weight is 344 g/mol. The third-order valence-electron chi connectivity index (χ3n) is 5.04. The predicted molar refractivity (Wildman–Crippen MR) is 103 cm³/mol. The predicted octanol–water partition coefficient (Wildman–Crippen LogP) is 3.91. The fourth-order valence-corrected chi connectivity index (χ4v) is 3.39. The summed E-state index contributed by atoms with van der Waals surface area (Å²) in [6.07, 6.45) is 2.44. The molecule has 1 aromatic rings. The fraction of sp³-hybridized carbons (Fsp3) is 0.619. The minimum atomic E-state index is 0.122. The summed E-state index contributed by atoms with van der Waals surface area (Å²) in [5.74, 6) is 0.282. The molecule has 0 bridgehead atoms. The van der Waals surface area contributed by atoms with E-state index < -0.39 is 0 Å². The second kappa shape index (κ2) is 8.03. The normalized spacial score (nSPS) is 13.7. The van der Waals surface area contributed by atoms with Gasteiger partial charge in [0.15, 0.2) is 0 Å². The molecule has 2 amide bonds. The Kier molecular flexibility index (Phi) is 6.26. The summed E-state index contributed by atoms with van der Waals surface area (Å²) in [6.45, 7) is 12.8. The largest absolute Gasteiger partial charge is 0.343 e. The molecule has 4 nitrogen and oxygen atoms in total. The van der Waals surface area contributed by atoms with Gasteiger partial charge in [-0.1, -0.05) is 32.9 Å². The maximum atomic E-state index is 12.6. The molecule has 0 aromatic heterocycles. The van der Waals surface area contributed by atoms with Gasteiger partial charge < -0.3 is 9.80 Å². The number of rotatable bonds is 6. The van der Waals surface area contributed by atoms with Gasteiger partial charge in [-0.3, -0.25) is 9.59 Å². The Morgan fingerprint density at radius 3 is 2.40 bits per heavy atom. The van der Waals surface area contributed by atoms with E-state index in [1.807, 2.05) is 23.6 Å². The average Bonchev–Trinajstić information content (AvgIpc) is 2.98. The van der Waals surface area contributed by atoms with Crippen molar-refractivity contribution in [1.82, 2.24) is 4.90 Å². The van der Waals surface area contributed by atoms with Gasteiger partial charge in [0.1, 0.15) is 0 Å². The van der Waals surface area contributed by atoms with Gasteiger partial charge in [-0.2, -0.15) is 0 Å². The third-order valence-corrected chi connectivity index (χ3v) is 5.04. The van der Waals surface area contributed by atoms with E-state index in [2.05, 4.69) is 39.0 Å². The molecule has 0 fully saturated rings. The van der Waals surface area contributed by atoms with E-state index in [0.717, 1.165) is 31.7 Å². The molecule has 1 aliphatic heterocycles. The van der Waals surface area contributed by atoms with E-state index in [-0.39, 0.29) is 17.2 Å². The monoisotopic (exact) mass is 344 g/mol. The van der Waals surface area contributed by atoms with Crippen molar-refractivity contribution in [2.75, 3.05) is 24.5 Å². The molecular weight excluding hydrogens is 312 g/mol. The zero-order valence-electron chi connectivity index (χ0n) is 16.4. The number of benzene rings is 1. The van der Waals surface area contributed by atoms with Gasteiger partial charge in [0.05, 0.1) is 0 Å². The molecule has 4 heteroatoms. The van der Waals surface area contributed by atoms with Crippen molar-refractivity contribution in [1.29, 1.82) is 0 Å². The van der Waals surface area contributed by atoms with Crippen LogP contribution >= 0.6 is 0 Å². The van der Waals surface area contributed by atoms with Crippen LogP contribution < -0.4 is 4.90 Å². The van der Waals surface area contributed by atoms with E-state index in [0.29, 0.717) is 19.3 Å². The first-order valence-electron chi connectivity index (χ1n) is 9.49. The van der Waals surface area contributed by atoms with Gasteiger partial charge in [-0.25, -0.2) is 0 Å². The van der Waals surface area contributed by atoms with Crippen LogP contribution in [0, 0.1) is 0 Å². The van der Waals surface area contributed by atoms with Crippen LogP contribution in [0.1, 0.15) is 65.0 Å². The Morgan fingerprint density at radius 2 is 1.80 bits per heavy atom. The van der Waals surface area contributed by atoms with Crippen LogP contribution in [0.15, 0.2) is 18.2 Å². The summed E-state index contributed by atoms with van der Waals surface area (Å²) in [5.41, 5.74) is 3.75. The molecule has 0 spiro atoms. The fourth-order valence-electron chi connectivity index (χ4n) is 3.39. The minimum absolute atomic E-state index is 0.122. The number of hydrogen-bond donors (Lipinski definition) is 0.